The molecule has 0 fully saturated rings. The van der Waals surface area contributed by atoms with E-state index in [1.165, 1.54) is 0 Å². The number of para-hydroxylation sites is 1. The fourth-order valence-electron chi connectivity index (χ4n) is 1.82. The summed E-state index contributed by atoms with van der Waals surface area (Å²) in [5.41, 5.74) is 2.13. The number of rotatable bonds is 6. The first-order valence-electron chi connectivity index (χ1n) is 6.62. The van der Waals surface area contributed by atoms with Crippen LogP contribution < -0.4 is 5.32 Å². The lowest BCUT2D eigenvalue weighted by Gasteiger charge is -2.07. The molecule has 4 nitrogen and oxygen atoms in total. The zero-order valence-corrected chi connectivity index (χ0v) is 11.6. The van der Waals surface area contributed by atoms with Gasteiger partial charge in [-0.05, 0) is 18.6 Å². The highest BCUT2D eigenvalue weighted by molar-refractivity contribution is 5.50. The number of nitrogens with one attached hydrogen (secondary N) is 1. The Bertz CT molecular complexity index is 581. The standard InChI is InChI=1S/C14H16F3N3O/c1-10-4-2-3-5-11(10)18-9-7-13-19-12(20-21-13)6-8-14(15,16)17/h2-5,18H,6-9H2,1H3. The number of benzene rings is 1. The van der Waals surface area contributed by atoms with Crippen molar-refractivity contribution in [3.05, 3.63) is 41.5 Å². The maximum Gasteiger partial charge on any atom is 0.389 e. The second-order valence-corrected chi connectivity index (χ2v) is 4.71. The average molecular weight is 299 g/mol. The van der Waals surface area contributed by atoms with Crippen LogP contribution in [0.3, 0.4) is 0 Å². The van der Waals surface area contributed by atoms with E-state index in [9.17, 15) is 13.2 Å². The fraction of sp³-hybridized carbons (Fsp3) is 0.429. The Morgan fingerprint density at radius 3 is 2.67 bits per heavy atom. The number of aromatic nitrogens is 2. The van der Waals surface area contributed by atoms with Crippen molar-refractivity contribution in [2.45, 2.75) is 32.4 Å². The number of hydrogen-bond acceptors (Lipinski definition) is 4. The van der Waals surface area contributed by atoms with Crippen molar-refractivity contribution in [2.75, 3.05) is 11.9 Å². The summed E-state index contributed by atoms with van der Waals surface area (Å²) in [6, 6.07) is 7.82. The van der Waals surface area contributed by atoms with Gasteiger partial charge in [0.15, 0.2) is 5.82 Å². The van der Waals surface area contributed by atoms with E-state index in [2.05, 4.69) is 15.5 Å². The molecule has 1 aromatic carbocycles. The van der Waals surface area contributed by atoms with Crippen LogP contribution in [-0.4, -0.2) is 22.9 Å². The summed E-state index contributed by atoms with van der Waals surface area (Å²) in [5, 5.41) is 6.77. The highest BCUT2D eigenvalue weighted by Gasteiger charge is 2.27. The van der Waals surface area contributed by atoms with Gasteiger partial charge in [0.25, 0.3) is 0 Å². The van der Waals surface area contributed by atoms with Crippen LogP contribution in [0, 0.1) is 6.92 Å². The minimum absolute atomic E-state index is 0.0956. The fourth-order valence-corrected chi connectivity index (χ4v) is 1.82. The summed E-state index contributed by atoms with van der Waals surface area (Å²) in [7, 11) is 0. The maximum absolute atomic E-state index is 12.1. The predicted molar refractivity (Wildman–Crippen MR) is 72.0 cm³/mol. The number of anilines is 1. The van der Waals surface area contributed by atoms with Gasteiger partial charge in [-0.1, -0.05) is 23.4 Å². The zero-order chi connectivity index (χ0) is 15.3. The number of aryl methyl sites for hydroxylation is 2. The minimum Gasteiger partial charge on any atom is -0.384 e. The molecular formula is C14H16F3N3O. The minimum atomic E-state index is -4.20. The Morgan fingerprint density at radius 2 is 1.95 bits per heavy atom. The molecule has 0 saturated heterocycles. The van der Waals surface area contributed by atoms with Crippen LogP contribution in [0.2, 0.25) is 0 Å². The zero-order valence-electron chi connectivity index (χ0n) is 11.6. The summed E-state index contributed by atoms with van der Waals surface area (Å²) in [4.78, 5) is 3.95. The summed E-state index contributed by atoms with van der Waals surface area (Å²) >= 11 is 0. The molecule has 0 amide bonds. The van der Waals surface area contributed by atoms with Crippen molar-refractivity contribution in [1.29, 1.82) is 0 Å². The van der Waals surface area contributed by atoms with Crippen molar-refractivity contribution in [3.63, 3.8) is 0 Å². The number of halogens is 3. The molecule has 2 aromatic rings. The van der Waals surface area contributed by atoms with E-state index in [-0.39, 0.29) is 12.2 Å². The van der Waals surface area contributed by atoms with E-state index in [0.29, 0.717) is 18.9 Å². The van der Waals surface area contributed by atoms with Crippen molar-refractivity contribution in [1.82, 2.24) is 10.1 Å². The van der Waals surface area contributed by atoms with Gasteiger partial charge in [-0.3, -0.25) is 0 Å². The van der Waals surface area contributed by atoms with Gasteiger partial charge in [-0.25, -0.2) is 0 Å². The molecule has 0 spiro atoms. The van der Waals surface area contributed by atoms with E-state index in [1.54, 1.807) is 0 Å². The number of alkyl halides is 3. The van der Waals surface area contributed by atoms with E-state index in [0.717, 1.165) is 11.3 Å². The topological polar surface area (TPSA) is 51.0 Å². The second-order valence-electron chi connectivity index (χ2n) is 4.71. The van der Waals surface area contributed by atoms with E-state index in [4.69, 9.17) is 4.52 Å². The molecule has 0 aliphatic rings. The molecule has 0 aliphatic heterocycles. The molecule has 114 valence electrons. The van der Waals surface area contributed by atoms with Crippen LogP contribution in [0.15, 0.2) is 28.8 Å². The largest absolute Gasteiger partial charge is 0.389 e. The Labute approximate surface area is 120 Å². The van der Waals surface area contributed by atoms with E-state index < -0.39 is 12.6 Å². The van der Waals surface area contributed by atoms with Gasteiger partial charge < -0.3 is 9.84 Å². The molecule has 7 heteroatoms. The van der Waals surface area contributed by atoms with Crippen LogP contribution in [0.4, 0.5) is 18.9 Å². The first-order chi connectivity index (χ1) is 9.94. The van der Waals surface area contributed by atoms with Crippen molar-refractivity contribution >= 4 is 5.69 Å². The third-order valence-corrected chi connectivity index (χ3v) is 2.94. The molecule has 0 radical (unpaired) electrons. The lowest BCUT2D eigenvalue weighted by Crippen LogP contribution is -2.09. The molecule has 2 rings (SSSR count). The molecule has 1 heterocycles. The molecule has 0 atom stereocenters. The van der Waals surface area contributed by atoms with Crippen LogP contribution in [0.25, 0.3) is 0 Å². The van der Waals surface area contributed by atoms with Gasteiger partial charge in [0.2, 0.25) is 5.89 Å². The van der Waals surface area contributed by atoms with Gasteiger partial charge in [-0.2, -0.15) is 18.2 Å². The number of nitrogens with zero attached hydrogens (tertiary/aromatic N) is 2. The van der Waals surface area contributed by atoms with Crippen LogP contribution in [0.1, 0.15) is 23.7 Å². The molecule has 0 saturated carbocycles. The molecule has 0 unspecified atom stereocenters. The molecule has 21 heavy (non-hydrogen) atoms. The van der Waals surface area contributed by atoms with Crippen LogP contribution in [-0.2, 0) is 12.8 Å². The molecule has 0 aliphatic carbocycles. The predicted octanol–water partition coefficient (Wildman–Crippen LogP) is 3.53. The third-order valence-electron chi connectivity index (χ3n) is 2.94. The molecule has 1 aromatic heterocycles. The summed E-state index contributed by atoms with van der Waals surface area (Å²) in [6.07, 6.45) is -4.92. The Morgan fingerprint density at radius 1 is 1.19 bits per heavy atom. The Kier molecular flexibility index (Phi) is 4.82. The van der Waals surface area contributed by atoms with Crippen LogP contribution in [0.5, 0.6) is 0 Å². The highest BCUT2D eigenvalue weighted by atomic mass is 19.4. The third kappa shape index (κ3) is 5.09. The lowest BCUT2D eigenvalue weighted by atomic mass is 10.2. The normalized spacial score (nSPS) is 11.6. The van der Waals surface area contributed by atoms with Gasteiger partial charge in [0.05, 0.1) is 6.42 Å². The smallest absolute Gasteiger partial charge is 0.384 e. The van der Waals surface area contributed by atoms with E-state index in [1.807, 2.05) is 31.2 Å². The van der Waals surface area contributed by atoms with Crippen molar-refractivity contribution in [3.8, 4) is 0 Å². The molecular weight excluding hydrogens is 283 g/mol. The van der Waals surface area contributed by atoms with Gasteiger partial charge in [0, 0.05) is 25.1 Å². The number of hydrogen-bond donors (Lipinski definition) is 1. The van der Waals surface area contributed by atoms with Crippen molar-refractivity contribution in [2.24, 2.45) is 0 Å². The Hall–Kier alpha value is -2.05. The highest BCUT2D eigenvalue weighted by Crippen LogP contribution is 2.21. The van der Waals surface area contributed by atoms with Gasteiger partial charge >= 0.3 is 6.18 Å². The monoisotopic (exact) mass is 299 g/mol. The average Bonchev–Trinajstić information content (AvgIpc) is 2.86. The first-order valence-corrected chi connectivity index (χ1v) is 6.62. The summed E-state index contributed by atoms with van der Waals surface area (Å²) < 4.78 is 41.2. The molecule has 0 bridgehead atoms. The lowest BCUT2D eigenvalue weighted by molar-refractivity contribution is -0.134. The van der Waals surface area contributed by atoms with Crippen LogP contribution >= 0.6 is 0 Å². The quantitative estimate of drug-likeness (QED) is 0.886. The van der Waals surface area contributed by atoms with E-state index >= 15 is 0 Å². The van der Waals surface area contributed by atoms with Gasteiger partial charge in [-0.15, -0.1) is 0 Å². The van der Waals surface area contributed by atoms with Gasteiger partial charge in [0.1, 0.15) is 0 Å². The molecule has 1 N–H and O–H groups in total. The first kappa shape index (κ1) is 15.3. The Balaban J connectivity index is 1.79. The second kappa shape index (κ2) is 6.60. The SMILES string of the molecule is Cc1ccccc1NCCc1nc(CCC(F)(F)F)no1. The summed E-state index contributed by atoms with van der Waals surface area (Å²) in [6.45, 7) is 2.57. The van der Waals surface area contributed by atoms with Crippen molar-refractivity contribution < 1.29 is 17.7 Å². The summed E-state index contributed by atoms with van der Waals surface area (Å²) in [5.74, 6) is 0.437. The maximum atomic E-state index is 12.1.